The molecule has 0 amide bonds. The Bertz CT molecular complexity index is 735. The zero-order chi connectivity index (χ0) is 16.5. The summed E-state index contributed by atoms with van der Waals surface area (Å²) in [6, 6.07) is 17.0. The molecule has 1 saturated heterocycles. The highest BCUT2D eigenvalue weighted by atomic mass is 79.9. The van der Waals surface area contributed by atoms with Gasteiger partial charge in [-0.25, -0.2) is 4.39 Å². The number of fused-ring (bicyclic) bond motifs is 2. The summed E-state index contributed by atoms with van der Waals surface area (Å²) in [6.07, 6.45) is 7.11. The lowest BCUT2D eigenvalue weighted by molar-refractivity contribution is 0.0951. The predicted octanol–water partition coefficient (Wildman–Crippen LogP) is 5.80. The molecule has 1 nitrogen and oxygen atoms in total. The van der Waals surface area contributed by atoms with Crippen molar-refractivity contribution in [2.24, 2.45) is 0 Å². The first-order valence-electron chi connectivity index (χ1n) is 8.66. The highest BCUT2D eigenvalue weighted by Gasteiger charge is 2.34. The van der Waals surface area contributed by atoms with Crippen LogP contribution in [0.4, 0.5) is 4.39 Å². The number of halogens is 2. The van der Waals surface area contributed by atoms with Crippen molar-refractivity contribution in [1.82, 2.24) is 4.90 Å². The van der Waals surface area contributed by atoms with Crippen LogP contribution < -0.4 is 0 Å². The van der Waals surface area contributed by atoms with E-state index in [2.05, 4.69) is 57.2 Å². The Kier molecular flexibility index (Phi) is 4.55. The Balaban J connectivity index is 1.62. The molecule has 0 saturated carbocycles. The van der Waals surface area contributed by atoms with Crippen molar-refractivity contribution in [1.29, 1.82) is 0 Å². The third-order valence-electron chi connectivity index (χ3n) is 5.22. The normalized spacial score (nSPS) is 23.8. The van der Waals surface area contributed by atoms with E-state index in [-0.39, 0.29) is 5.82 Å². The van der Waals surface area contributed by atoms with Crippen molar-refractivity contribution in [3.63, 3.8) is 0 Å². The van der Waals surface area contributed by atoms with Gasteiger partial charge in [0.15, 0.2) is 0 Å². The molecule has 2 aliphatic rings. The van der Waals surface area contributed by atoms with E-state index in [9.17, 15) is 4.39 Å². The summed E-state index contributed by atoms with van der Waals surface area (Å²) in [6.45, 7) is 1.01. The van der Waals surface area contributed by atoms with Crippen LogP contribution in [0.2, 0.25) is 0 Å². The van der Waals surface area contributed by atoms with E-state index in [1.165, 1.54) is 36.5 Å². The van der Waals surface area contributed by atoms with Gasteiger partial charge in [-0.3, -0.25) is 4.90 Å². The van der Waals surface area contributed by atoms with Crippen LogP contribution in [0.5, 0.6) is 0 Å². The Hall–Kier alpha value is -1.45. The Labute approximate surface area is 151 Å². The van der Waals surface area contributed by atoms with Crippen LogP contribution in [-0.4, -0.2) is 17.0 Å². The molecule has 4 rings (SSSR count). The zero-order valence-electron chi connectivity index (χ0n) is 13.6. The van der Waals surface area contributed by atoms with E-state index in [1.54, 1.807) is 6.07 Å². The van der Waals surface area contributed by atoms with Gasteiger partial charge in [-0.2, -0.15) is 0 Å². The third kappa shape index (κ3) is 3.33. The second-order valence-corrected chi connectivity index (χ2v) is 7.78. The summed E-state index contributed by atoms with van der Waals surface area (Å²) in [5.41, 5.74) is 3.70. The van der Waals surface area contributed by atoms with E-state index in [4.69, 9.17) is 0 Å². The molecule has 0 radical (unpaired) electrons. The average molecular weight is 386 g/mol. The van der Waals surface area contributed by atoms with Gasteiger partial charge in [0.2, 0.25) is 0 Å². The van der Waals surface area contributed by atoms with Crippen LogP contribution in [-0.2, 0) is 6.54 Å². The van der Waals surface area contributed by atoms with Crippen LogP contribution >= 0.6 is 15.9 Å². The number of piperidine rings is 1. The van der Waals surface area contributed by atoms with Crippen molar-refractivity contribution < 1.29 is 4.39 Å². The first kappa shape index (κ1) is 16.0. The molecule has 0 N–H and O–H groups in total. The van der Waals surface area contributed by atoms with Gasteiger partial charge < -0.3 is 0 Å². The number of rotatable bonds is 3. The zero-order valence-corrected chi connectivity index (χ0v) is 15.2. The summed E-state index contributed by atoms with van der Waals surface area (Å²) in [5, 5.41) is 0. The summed E-state index contributed by atoms with van der Waals surface area (Å²) in [4.78, 5) is 2.64. The maximum absolute atomic E-state index is 13.8. The molecule has 2 unspecified atom stereocenters. The maximum Gasteiger partial charge on any atom is 0.124 e. The second-order valence-electron chi connectivity index (χ2n) is 6.86. The maximum atomic E-state index is 13.8. The van der Waals surface area contributed by atoms with Crippen molar-refractivity contribution in [3.8, 4) is 0 Å². The Morgan fingerprint density at radius 2 is 1.92 bits per heavy atom. The predicted molar refractivity (Wildman–Crippen MR) is 100 cm³/mol. The van der Waals surface area contributed by atoms with Gasteiger partial charge in [0.25, 0.3) is 0 Å². The van der Waals surface area contributed by atoms with Gasteiger partial charge in [0, 0.05) is 23.1 Å². The SMILES string of the molecule is Fc1cc(Br)cc(C2=CC3CCCC(C2)N3Cc2ccccc2)c1. The lowest BCUT2D eigenvalue weighted by Gasteiger charge is -2.45. The van der Waals surface area contributed by atoms with Crippen LogP contribution in [0.3, 0.4) is 0 Å². The van der Waals surface area contributed by atoms with E-state index in [0.29, 0.717) is 12.1 Å². The van der Waals surface area contributed by atoms with Gasteiger partial charge in [-0.1, -0.05) is 58.8 Å². The topological polar surface area (TPSA) is 3.24 Å². The van der Waals surface area contributed by atoms with Gasteiger partial charge in [-0.15, -0.1) is 0 Å². The fourth-order valence-corrected chi connectivity index (χ4v) is 4.58. The van der Waals surface area contributed by atoms with E-state index < -0.39 is 0 Å². The molecule has 2 aliphatic heterocycles. The van der Waals surface area contributed by atoms with Gasteiger partial charge in [0.05, 0.1) is 0 Å². The number of hydrogen-bond donors (Lipinski definition) is 0. The highest BCUT2D eigenvalue weighted by Crippen LogP contribution is 2.38. The minimum atomic E-state index is -0.169. The molecule has 1 fully saturated rings. The van der Waals surface area contributed by atoms with Crippen molar-refractivity contribution >= 4 is 21.5 Å². The van der Waals surface area contributed by atoms with Crippen LogP contribution in [0.1, 0.15) is 36.8 Å². The third-order valence-corrected chi connectivity index (χ3v) is 5.68. The molecule has 2 bridgehead atoms. The summed E-state index contributed by atoms with van der Waals surface area (Å²) < 4.78 is 14.6. The van der Waals surface area contributed by atoms with Crippen LogP contribution in [0.25, 0.3) is 5.57 Å². The molecule has 124 valence electrons. The number of hydrogen-bond acceptors (Lipinski definition) is 1. The van der Waals surface area contributed by atoms with E-state index >= 15 is 0 Å². The smallest absolute Gasteiger partial charge is 0.124 e. The van der Waals surface area contributed by atoms with Gasteiger partial charge in [-0.05, 0) is 54.2 Å². The average Bonchev–Trinajstić information content (AvgIpc) is 2.54. The molecule has 0 aromatic heterocycles. The first-order chi connectivity index (χ1) is 11.7. The molecule has 0 spiro atoms. The van der Waals surface area contributed by atoms with Crippen molar-refractivity contribution in [3.05, 3.63) is 76.0 Å². The first-order valence-corrected chi connectivity index (χ1v) is 9.45. The van der Waals surface area contributed by atoms with Crippen molar-refractivity contribution in [2.45, 2.75) is 44.3 Å². The second kappa shape index (κ2) is 6.81. The summed E-state index contributed by atoms with van der Waals surface area (Å²) >= 11 is 3.42. The lowest BCUT2D eigenvalue weighted by Crippen LogP contribution is -2.47. The summed E-state index contributed by atoms with van der Waals surface area (Å²) in [7, 11) is 0. The van der Waals surface area contributed by atoms with E-state index in [0.717, 1.165) is 23.0 Å². The molecule has 24 heavy (non-hydrogen) atoms. The minimum absolute atomic E-state index is 0.169. The lowest BCUT2D eigenvalue weighted by atomic mass is 9.82. The molecule has 2 aromatic carbocycles. The number of benzene rings is 2. The largest absolute Gasteiger partial charge is 0.289 e. The molecular weight excluding hydrogens is 365 g/mol. The highest BCUT2D eigenvalue weighted by molar-refractivity contribution is 9.10. The quantitative estimate of drug-likeness (QED) is 0.645. The van der Waals surface area contributed by atoms with Crippen molar-refractivity contribution in [2.75, 3.05) is 0 Å². The van der Waals surface area contributed by atoms with Crippen LogP contribution in [0.15, 0.2) is 59.1 Å². The van der Waals surface area contributed by atoms with E-state index in [1.807, 2.05) is 6.07 Å². The monoisotopic (exact) mass is 385 g/mol. The molecular formula is C21H21BrFN. The van der Waals surface area contributed by atoms with Crippen LogP contribution in [0, 0.1) is 5.82 Å². The standard InChI is InChI=1S/C21H21BrFN/c22-18-9-16(10-19(23)13-18)17-11-20-7-4-8-21(12-17)24(20)14-15-5-2-1-3-6-15/h1-3,5-6,9-11,13,20-21H,4,7-8,12,14H2. The molecule has 2 aromatic rings. The molecule has 0 aliphatic carbocycles. The molecule has 3 heteroatoms. The van der Waals surface area contributed by atoms with Gasteiger partial charge >= 0.3 is 0 Å². The summed E-state index contributed by atoms with van der Waals surface area (Å²) in [5.74, 6) is -0.169. The molecule has 2 heterocycles. The fraction of sp³-hybridized carbons (Fsp3) is 0.333. The minimum Gasteiger partial charge on any atom is -0.289 e. The number of nitrogens with zero attached hydrogens (tertiary/aromatic N) is 1. The van der Waals surface area contributed by atoms with Gasteiger partial charge in [0.1, 0.15) is 5.82 Å². The Morgan fingerprint density at radius 1 is 1.08 bits per heavy atom. The fourth-order valence-electron chi connectivity index (χ4n) is 4.11. The Morgan fingerprint density at radius 3 is 2.67 bits per heavy atom. The molecule has 2 atom stereocenters.